The summed E-state index contributed by atoms with van der Waals surface area (Å²) in [5, 5.41) is 4.65. The van der Waals surface area contributed by atoms with E-state index in [4.69, 9.17) is 21.7 Å². The van der Waals surface area contributed by atoms with Crippen LogP contribution >= 0.6 is 23.6 Å². The van der Waals surface area contributed by atoms with Gasteiger partial charge in [-0.2, -0.15) is 0 Å². The van der Waals surface area contributed by atoms with Gasteiger partial charge in [0.05, 0.1) is 19.8 Å². The first-order valence-electron chi connectivity index (χ1n) is 10.8. The maximum absolute atomic E-state index is 12.4. The van der Waals surface area contributed by atoms with Gasteiger partial charge in [-0.25, -0.2) is 4.79 Å². The van der Waals surface area contributed by atoms with Gasteiger partial charge < -0.3 is 19.7 Å². The summed E-state index contributed by atoms with van der Waals surface area (Å²) in [4.78, 5) is 17.9. The van der Waals surface area contributed by atoms with Gasteiger partial charge in [0.1, 0.15) is 10.8 Å². The number of thiophene rings is 1. The largest absolute Gasteiger partial charge is 0.497 e. The second-order valence-electron chi connectivity index (χ2n) is 7.76. The average molecular weight is 482 g/mol. The van der Waals surface area contributed by atoms with E-state index in [9.17, 15) is 4.79 Å². The normalized spacial score (nSPS) is 14.1. The quantitative estimate of drug-likeness (QED) is 0.404. The van der Waals surface area contributed by atoms with Crippen molar-refractivity contribution in [1.82, 2.24) is 9.80 Å². The molecule has 3 aromatic rings. The zero-order valence-electron chi connectivity index (χ0n) is 18.7. The number of nitrogens with one attached hydrogen (secondary N) is 1. The number of nitrogens with zero attached hydrogens (tertiary/aromatic N) is 2. The van der Waals surface area contributed by atoms with Crippen molar-refractivity contribution in [1.29, 1.82) is 0 Å². The molecule has 172 valence electrons. The summed E-state index contributed by atoms with van der Waals surface area (Å²) in [7, 11) is 3.08. The van der Waals surface area contributed by atoms with E-state index in [2.05, 4.69) is 27.2 Å². The molecule has 0 radical (unpaired) electrons. The van der Waals surface area contributed by atoms with Crippen LogP contribution in [0, 0.1) is 0 Å². The smallest absolute Gasteiger partial charge is 0.340 e. The number of thiocarbonyl (C=S) groups is 1. The van der Waals surface area contributed by atoms with Gasteiger partial charge >= 0.3 is 5.97 Å². The molecule has 0 atom stereocenters. The van der Waals surface area contributed by atoms with Crippen molar-refractivity contribution in [3.63, 3.8) is 0 Å². The highest BCUT2D eigenvalue weighted by Gasteiger charge is 2.23. The van der Waals surface area contributed by atoms with E-state index in [1.54, 1.807) is 7.11 Å². The molecule has 2 heterocycles. The van der Waals surface area contributed by atoms with Crippen LogP contribution in [0.25, 0.3) is 10.4 Å². The molecule has 0 saturated carbocycles. The molecule has 6 nitrogen and oxygen atoms in total. The van der Waals surface area contributed by atoms with E-state index in [1.165, 1.54) is 24.0 Å². The second kappa shape index (κ2) is 10.8. The van der Waals surface area contributed by atoms with Crippen molar-refractivity contribution in [3.05, 3.63) is 71.8 Å². The van der Waals surface area contributed by atoms with Crippen LogP contribution in [0.15, 0.2) is 60.7 Å². The number of ether oxygens (including phenoxy) is 2. The van der Waals surface area contributed by atoms with Crippen molar-refractivity contribution in [2.24, 2.45) is 0 Å². The molecule has 0 amide bonds. The van der Waals surface area contributed by atoms with Crippen LogP contribution in [0.2, 0.25) is 0 Å². The number of methoxy groups -OCH3 is 2. The number of hydrogen-bond acceptors (Lipinski definition) is 6. The predicted octanol–water partition coefficient (Wildman–Crippen LogP) is 4.72. The number of rotatable bonds is 6. The molecule has 33 heavy (non-hydrogen) atoms. The molecule has 1 fully saturated rings. The highest BCUT2D eigenvalue weighted by Crippen LogP contribution is 2.36. The summed E-state index contributed by atoms with van der Waals surface area (Å²) in [6, 6.07) is 20.0. The van der Waals surface area contributed by atoms with Crippen molar-refractivity contribution in [3.8, 4) is 16.2 Å². The number of carbonyl (C=O) groups excluding carboxylic acids is 1. The molecule has 8 heteroatoms. The van der Waals surface area contributed by atoms with Crippen LogP contribution < -0.4 is 10.1 Å². The molecule has 1 aliphatic rings. The average Bonchev–Trinajstić information content (AvgIpc) is 3.28. The summed E-state index contributed by atoms with van der Waals surface area (Å²) < 4.78 is 10.3. The number of benzene rings is 2. The highest BCUT2D eigenvalue weighted by molar-refractivity contribution is 7.80. The van der Waals surface area contributed by atoms with Gasteiger partial charge in [0, 0.05) is 37.6 Å². The van der Waals surface area contributed by atoms with Crippen molar-refractivity contribution >= 4 is 39.6 Å². The number of piperazine rings is 1. The SMILES string of the molecule is COC(=O)c1cc(-c2ccccc2)sc1NC(=S)N1CCN(Cc2cccc(OC)c2)CC1. The maximum atomic E-state index is 12.4. The molecule has 0 unspecified atom stereocenters. The zero-order chi connectivity index (χ0) is 23.2. The molecule has 2 aromatic carbocycles. The Bertz CT molecular complexity index is 1110. The minimum atomic E-state index is -0.373. The van der Waals surface area contributed by atoms with Gasteiger partial charge in [-0.15, -0.1) is 11.3 Å². The first-order valence-corrected chi connectivity index (χ1v) is 12.0. The first kappa shape index (κ1) is 23.2. The molecule has 1 aromatic heterocycles. The summed E-state index contributed by atoms with van der Waals surface area (Å²) in [6.07, 6.45) is 0. The summed E-state index contributed by atoms with van der Waals surface area (Å²) in [6.45, 7) is 4.33. The van der Waals surface area contributed by atoms with Crippen molar-refractivity contribution in [2.45, 2.75) is 6.54 Å². The Morgan fingerprint density at radius 2 is 1.79 bits per heavy atom. The van der Waals surface area contributed by atoms with Crippen LogP contribution in [0.3, 0.4) is 0 Å². The molecule has 0 bridgehead atoms. The van der Waals surface area contributed by atoms with Gasteiger partial charge in [-0.1, -0.05) is 42.5 Å². The number of hydrogen-bond donors (Lipinski definition) is 1. The van der Waals surface area contributed by atoms with E-state index in [0.717, 1.165) is 48.9 Å². The minimum absolute atomic E-state index is 0.373. The minimum Gasteiger partial charge on any atom is -0.497 e. The summed E-state index contributed by atoms with van der Waals surface area (Å²) >= 11 is 7.21. The van der Waals surface area contributed by atoms with E-state index < -0.39 is 0 Å². The van der Waals surface area contributed by atoms with E-state index in [0.29, 0.717) is 15.7 Å². The Morgan fingerprint density at radius 1 is 1.03 bits per heavy atom. The van der Waals surface area contributed by atoms with E-state index >= 15 is 0 Å². The lowest BCUT2D eigenvalue weighted by Crippen LogP contribution is -2.49. The summed E-state index contributed by atoms with van der Waals surface area (Å²) in [5.74, 6) is 0.505. The second-order valence-corrected chi connectivity index (χ2v) is 9.19. The Kier molecular flexibility index (Phi) is 7.59. The third-order valence-corrected chi connectivity index (χ3v) is 7.08. The third-order valence-electron chi connectivity index (χ3n) is 5.62. The van der Waals surface area contributed by atoms with Crippen molar-refractivity contribution < 1.29 is 14.3 Å². The molecular weight excluding hydrogens is 454 g/mol. The zero-order valence-corrected chi connectivity index (χ0v) is 20.4. The molecular formula is C25H27N3O3S2. The Morgan fingerprint density at radius 3 is 2.48 bits per heavy atom. The molecule has 0 spiro atoms. The number of esters is 1. The predicted molar refractivity (Wildman–Crippen MR) is 137 cm³/mol. The lowest BCUT2D eigenvalue weighted by atomic mass is 10.1. The van der Waals surface area contributed by atoms with Crippen molar-refractivity contribution in [2.75, 3.05) is 45.7 Å². The Balaban J connectivity index is 1.39. The van der Waals surface area contributed by atoms with Gasteiger partial charge in [-0.05, 0) is 41.5 Å². The lowest BCUT2D eigenvalue weighted by Gasteiger charge is -2.36. The fourth-order valence-electron chi connectivity index (χ4n) is 3.80. The monoisotopic (exact) mass is 481 g/mol. The molecule has 4 rings (SSSR count). The fourth-order valence-corrected chi connectivity index (χ4v) is 5.20. The van der Waals surface area contributed by atoms with Gasteiger partial charge in [-0.3, -0.25) is 4.90 Å². The van der Waals surface area contributed by atoms with Crippen LogP contribution in [-0.2, 0) is 11.3 Å². The fraction of sp³-hybridized carbons (Fsp3) is 0.280. The van der Waals surface area contributed by atoms with E-state index in [-0.39, 0.29) is 5.97 Å². The topological polar surface area (TPSA) is 54.0 Å². The molecule has 1 aliphatic heterocycles. The summed E-state index contributed by atoms with van der Waals surface area (Å²) in [5.41, 5.74) is 2.79. The first-order chi connectivity index (χ1) is 16.1. The standard InChI is InChI=1S/C25H27N3O3S2/c1-30-20-10-6-7-18(15-20)17-27-11-13-28(14-12-27)25(32)26-23-21(24(29)31-2)16-22(33-23)19-8-4-3-5-9-19/h3-10,15-16H,11-14,17H2,1-2H3,(H,26,32). The third kappa shape index (κ3) is 5.71. The lowest BCUT2D eigenvalue weighted by molar-refractivity contribution is 0.0602. The van der Waals surface area contributed by atoms with Crippen LogP contribution in [-0.4, -0.2) is 61.3 Å². The maximum Gasteiger partial charge on any atom is 0.340 e. The van der Waals surface area contributed by atoms with Crippen LogP contribution in [0.1, 0.15) is 15.9 Å². The van der Waals surface area contributed by atoms with Gasteiger partial charge in [0.15, 0.2) is 5.11 Å². The Labute approximate surface area is 203 Å². The molecule has 0 aliphatic carbocycles. The Hall–Kier alpha value is -2.94. The molecule has 1 saturated heterocycles. The van der Waals surface area contributed by atoms with E-state index in [1.807, 2.05) is 48.5 Å². The number of anilines is 1. The van der Waals surface area contributed by atoms with Gasteiger partial charge in [0.25, 0.3) is 0 Å². The highest BCUT2D eigenvalue weighted by atomic mass is 32.1. The van der Waals surface area contributed by atoms with Gasteiger partial charge in [0.2, 0.25) is 0 Å². The van der Waals surface area contributed by atoms with Crippen LogP contribution in [0.5, 0.6) is 5.75 Å². The molecule has 1 N–H and O–H groups in total. The number of carbonyl (C=O) groups is 1. The van der Waals surface area contributed by atoms with Crippen LogP contribution in [0.4, 0.5) is 5.00 Å².